The molecule has 2 aromatic rings. The van der Waals surface area contributed by atoms with Gasteiger partial charge in [-0.1, -0.05) is 13.3 Å². The number of aromatic carboxylic acids is 1. The van der Waals surface area contributed by atoms with Crippen molar-refractivity contribution in [1.29, 1.82) is 0 Å². The van der Waals surface area contributed by atoms with Crippen molar-refractivity contribution in [2.45, 2.75) is 26.2 Å². The lowest BCUT2D eigenvalue weighted by Gasteiger charge is -2.05. The van der Waals surface area contributed by atoms with E-state index in [0.29, 0.717) is 17.8 Å². The van der Waals surface area contributed by atoms with Gasteiger partial charge in [0.2, 0.25) is 0 Å². The molecular weight excluding hydrogens is 235 g/mol. The molecule has 1 aromatic heterocycles. The first-order valence-corrected chi connectivity index (χ1v) is 5.81. The third-order valence-corrected chi connectivity index (χ3v) is 2.66. The van der Waals surface area contributed by atoms with Crippen molar-refractivity contribution >= 4 is 16.9 Å². The molecule has 5 heteroatoms. The van der Waals surface area contributed by atoms with Crippen molar-refractivity contribution in [2.24, 2.45) is 0 Å². The maximum absolute atomic E-state index is 13.1. The summed E-state index contributed by atoms with van der Waals surface area (Å²) in [6, 6.07) is 3.90. The Morgan fingerprint density at radius 1 is 1.39 bits per heavy atom. The van der Waals surface area contributed by atoms with E-state index in [9.17, 15) is 9.18 Å². The zero-order valence-electron chi connectivity index (χ0n) is 9.98. The van der Waals surface area contributed by atoms with Gasteiger partial charge in [0.25, 0.3) is 0 Å². The van der Waals surface area contributed by atoms with E-state index < -0.39 is 11.8 Å². The largest absolute Gasteiger partial charge is 0.476 e. The van der Waals surface area contributed by atoms with Gasteiger partial charge in [-0.25, -0.2) is 19.2 Å². The molecule has 0 bridgehead atoms. The van der Waals surface area contributed by atoms with Gasteiger partial charge < -0.3 is 5.11 Å². The van der Waals surface area contributed by atoms with Crippen LogP contribution in [0.4, 0.5) is 4.39 Å². The van der Waals surface area contributed by atoms with E-state index in [2.05, 4.69) is 9.97 Å². The maximum Gasteiger partial charge on any atom is 0.355 e. The molecule has 0 aliphatic heterocycles. The third-order valence-electron chi connectivity index (χ3n) is 2.66. The summed E-state index contributed by atoms with van der Waals surface area (Å²) in [5.41, 5.74) is 0.334. The van der Waals surface area contributed by atoms with Crippen LogP contribution in [-0.4, -0.2) is 21.0 Å². The lowest BCUT2D eigenvalue weighted by atomic mass is 10.1. The molecule has 0 amide bonds. The van der Waals surface area contributed by atoms with Crippen LogP contribution in [0, 0.1) is 5.82 Å². The number of aryl methyl sites for hydroxylation is 1. The molecule has 1 N–H and O–H groups in total. The Labute approximate surface area is 103 Å². The topological polar surface area (TPSA) is 63.1 Å². The molecule has 0 atom stereocenters. The van der Waals surface area contributed by atoms with Crippen LogP contribution in [0.25, 0.3) is 10.9 Å². The predicted molar refractivity (Wildman–Crippen MR) is 65.1 cm³/mol. The van der Waals surface area contributed by atoms with Crippen LogP contribution in [0.1, 0.15) is 36.1 Å². The Morgan fingerprint density at radius 2 is 2.17 bits per heavy atom. The van der Waals surface area contributed by atoms with Crippen molar-refractivity contribution in [1.82, 2.24) is 9.97 Å². The Bertz CT molecular complexity index is 599. The quantitative estimate of drug-likeness (QED) is 0.903. The highest BCUT2D eigenvalue weighted by atomic mass is 19.1. The van der Waals surface area contributed by atoms with E-state index >= 15 is 0 Å². The maximum atomic E-state index is 13.1. The number of benzene rings is 1. The standard InChI is InChI=1S/C13H13FN2O2/c1-2-3-4-11-15-10-6-5-8(14)7-9(10)12(16-11)13(17)18/h5-7H,2-4H2,1H3,(H,17,18). The van der Waals surface area contributed by atoms with Gasteiger partial charge in [0, 0.05) is 11.8 Å². The van der Waals surface area contributed by atoms with Crippen LogP contribution in [-0.2, 0) is 6.42 Å². The third kappa shape index (κ3) is 2.45. The van der Waals surface area contributed by atoms with Gasteiger partial charge in [0.05, 0.1) is 5.52 Å². The summed E-state index contributed by atoms with van der Waals surface area (Å²) in [5.74, 6) is -1.16. The molecule has 4 nitrogen and oxygen atoms in total. The lowest BCUT2D eigenvalue weighted by molar-refractivity contribution is 0.0692. The Kier molecular flexibility index (Phi) is 3.50. The molecule has 1 aromatic carbocycles. The second-order valence-corrected chi connectivity index (χ2v) is 4.06. The molecular formula is C13H13FN2O2. The highest BCUT2D eigenvalue weighted by Gasteiger charge is 2.14. The number of aromatic nitrogens is 2. The number of unbranched alkanes of at least 4 members (excludes halogenated alkanes) is 1. The van der Waals surface area contributed by atoms with Crippen molar-refractivity contribution < 1.29 is 14.3 Å². The molecule has 0 saturated heterocycles. The van der Waals surface area contributed by atoms with Crippen LogP contribution >= 0.6 is 0 Å². The van der Waals surface area contributed by atoms with Crippen LogP contribution < -0.4 is 0 Å². The molecule has 2 rings (SSSR count). The van der Waals surface area contributed by atoms with Crippen LogP contribution in [0.5, 0.6) is 0 Å². The lowest BCUT2D eigenvalue weighted by Crippen LogP contribution is -2.07. The second-order valence-electron chi connectivity index (χ2n) is 4.06. The highest BCUT2D eigenvalue weighted by molar-refractivity contribution is 6.00. The first-order chi connectivity index (χ1) is 8.61. The van der Waals surface area contributed by atoms with Crippen molar-refractivity contribution in [3.05, 3.63) is 35.5 Å². The SMILES string of the molecule is CCCCc1nc(C(=O)O)c2cc(F)ccc2n1. The van der Waals surface area contributed by atoms with Crippen molar-refractivity contribution in [3.63, 3.8) is 0 Å². The van der Waals surface area contributed by atoms with E-state index in [1.807, 2.05) is 6.92 Å². The zero-order chi connectivity index (χ0) is 13.1. The van der Waals surface area contributed by atoms with E-state index in [-0.39, 0.29) is 11.1 Å². The second kappa shape index (κ2) is 5.08. The summed E-state index contributed by atoms with van der Waals surface area (Å²) in [7, 11) is 0. The first-order valence-electron chi connectivity index (χ1n) is 5.81. The fourth-order valence-electron chi connectivity index (χ4n) is 1.76. The Morgan fingerprint density at radius 3 is 2.83 bits per heavy atom. The molecule has 0 aliphatic carbocycles. The minimum atomic E-state index is -1.16. The van der Waals surface area contributed by atoms with Gasteiger partial charge in [-0.2, -0.15) is 0 Å². The molecule has 1 heterocycles. The van der Waals surface area contributed by atoms with Crippen LogP contribution in [0.2, 0.25) is 0 Å². The van der Waals surface area contributed by atoms with Crippen LogP contribution in [0.15, 0.2) is 18.2 Å². The number of hydrogen-bond donors (Lipinski definition) is 1. The molecule has 94 valence electrons. The number of halogens is 1. The number of carboxylic acids is 1. The Hall–Kier alpha value is -2.04. The number of hydrogen-bond acceptors (Lipinski definition) is 3. The average molecular weight is 248 g/mol. The molecule has 0 fully saturated rings. The highest BCUT2D eigenvalue weighted by Crippen LogP contribution is 2.18. The summed E-state index contributed by atoms with van der Waals surface area (Å²) >= 11 is 0. The minimum Gasteiger partial charge on any atom is -0.476 e. The van der Waals surface area contributed by atoms with Crippen molar-refractivity contribution in [2.75, 3.05) is 0 Å². The number of carbonyl (C=O) groups is 1. The van der Waals surface area contributed by atoms with E-state index in [0.717, 1.165) is 18.9 Å². The first kappa shape index (κ1) is 12.4. The van der Waals surface area contributed by atoms with Gasteiger partial charge in [-0.05, 0) is 24.6 Å². The van der Waals surface area contributed by atoms with Gasteiger partial charge in [0.15, 0.2) is 5.69 Å². The molecule has 0 aliphatic rings. The molecule has 0 saturated carbocycles. The summed E-state index contributed by atoms with van der Waals surface area (Å²) in [4.78, 5) is 19.4. The zero-order valence-corrected chi connectivity index (χ0v) is 9.98. The summed E-state index contributed by atoms with van der Waals surface area (Å²) in [5, 5.41) is 9.35. The number of fused-ring (bicyclic) bond motifs is 1. The van der Waals surface area contributed by atoms with Gasteiger partial charge >= 0.3 is 5.97 Å². The normalized spacial score (nSPS) is 10.8. The van der Waals surface area contributed by atoms with Gasteiger partial charge in [0.1, 0.15) is 11.6 Å². The monoisotopic (exact) mass is 248 g/mol. The minimum absolute atomic E-state index is 0.134. The van der Waals surface area contributed by atoms with E-state index in [1.165, 1.54) is 12.1 Å². The number of rotatable bonds is 4. The summed E-state index contributed by atoms with van der Waals surface area (Å²) in [6.07, 6.45) is 2.50. The van der Waals surface area contributed by atoms with Crippen molar-refractivity contribution in [3.8, 4) is 0 Å². The Balaban J connectivity index is 2.59. The number of carboxylic acid groups (broad SMARTS) is 1. The van der Waals surface area contributed by atoms with Crippen LogP contribution in [0.3, 0.4) is 0 Å². The van der Waals surface area contributed by atoms with E-state index in [4.69, 9.17) is 5.11 Å². The van der Waals surface area contributed by atoms with E-state index in [1.54, 1.807) is 0 Å². The molecule has 18 heavy (non-hydrogen) atoms. The number of nitrogens with zero attached hydrogens (tertiary/aromatic N) is 2. The van der Waals surface area contributed by atoms with Gasteiger partial charge in [-0.3, -0.25) is 0 Å². The smallest absolute Gasteiger partial charge is 0.355 e. The molecule has 0 radical (unpaired) electrons. The average Bonchev–Trinajstić information content (AvgIpc) is 2.35. The molecule has 0 spiro atoms. The molecule has 0 unspecified atom stereocenters. The fraction of sp³-hybridized carbons (Fsp3) is 0.308. The fourth-order valence-corrected chi connectivity index (χ4v) is 1.76. The summed E-state index contributed by atoms with van der Waals surface area (Å²) in [6.45, 7) is 2.04. The predicted octanol–water partition coefficient (Wildman–Crippen LogP) is 2.81. The summed E-state index contributed by atoms with van der Waals surface area (Å²) < 4.78 is 13.1. The van der Waals surface area contributed by atoms with Gasteiger partial charge in [-0.15, -0.1) is 0 Å².